The first-order valence-electron chi connectivity index (χ1n) is 4.41. The molecule has 0 radical (unpaired) electrons. The summed E-state index contributed by atoms with van der Waals surface area (Å²) in [5.41, 5.74) is 1.22. The lowest BCUT2D eigenvalue weighted by atomic mass is 10.2. The van der Waals surface area contributed by atoms with E-state index in [1.165, 1.54) is 5.56 Å². The van der Waals surface area contributed by atoms with E-state index in [0.29, 0.717) is 0 Å². The normalized spacial score (nSPS) is 13.4. The SMILES string of the molecule is Cc1ccc(OC2=C[C+]=NC=C2)cc1. The first-order valence-corrected chi connectivity index (χ1v) is 4.41. The van der Waals surface area contributed by atoms with Crippen molar-refractivity contribution >= 4 is 6.21 Å². The first-order chi connectivity index (χ1) is 6.84. The highest BCUT2D eigenvalue weighted by Gasteiger charge is 2.05. The minimum atomic E-state index is 0.754. The molecule has 2 heteroatoms. The molecule has 0 atom stereocenters. The van der Waals surface area contributed by atoms with Crippen LogP contribution in [0.15, 0.2) is 53.4 Å². The van der Waals surface area contributed by atoms with E-state index in [0.717, 1.165) is 11.5 Å². The Hall–Kier alpha value is -1.92. The van der Waals surface area contributed by atoms with E-state index in [4.69, 9.17) is 4.74 Å². The number of allylic oxidation sites excluding steroid dienone is 2. The molecule has 0 amide bonds. The fraction of sp³-hybridized carbons (Fsp3) is 0.0833. The zero-order chi connectivity index (χ0) is 9.80. The average Bonchev–Trinajstić information content (AvgIpc) is 2.23. The lowest BCUT2D eigenvalue weighted by molar-refractivity contribution is 0.444. The van der Waals surface area contributed by atoms with Gasteiger partial charge < -0.3 is 4.74 Å². The molecule has 0 unspecified atom stereocenters. The van der Waals surface area contributed by atoms with E-state index in [-0.39, 0.29) is 0 Å². The lowest BCUT2D eigenvalue weighted by Gasteiger charge is -2.00. The third-order valence-corrected chi connectivity index (χ3v) is 1.85. The smallest absolute Gasteiger partial charge is 0.245 e. The molecule has 1 aliphatic rings. The van der Waals surface area contributed by atoms with Crippen molar-refractivity contribution in [3.63, 3.8) is 0 Å². The summed E-state index contributed by atoms with van der Waals surface area (Å²) in [6, 6.07) is 7.91. The van der Waals surface area contributed by atoms with Crippen LogP contribution in [0.3, 0.4) is 0 Å². The largest absolute Gasteiger partial charge is 0.397 e. The topological polar surface area (TPSA) is 21.6 Å². The van der Waals surface area contributed by atoms with Crippen LogP contribution in [-0.2, 0) is 0 Å². The van der Waals surface area contributed by atoms with Gasteiger partial charge in [0.25, 0.3) is 0 Å². The van der Waals surface area contributed by atoms with E-state index in [1.54, 1.807) is 18.4 Å². The van der Waals surface area contributed by atoms with Crippen LogP contribution < -0.4 is 4.74 Å². The van der Waals surface area contributed by atoms with Crippen molar-refractivity contribution in [2.24, 2.45) is 4.99 Å². The number of rotatable bonds is 2. The summed E-state index contributed by atoms with van der Waals surface area (Å²) >= 11 is 0. The number of aliphatic imine (C=N–C) groups is 1. The molecule has 2 rings (SSSR count). The molecule has 0 aliphatic carbocycles. The van der Waals surface area contributed by atoms with Crippen LogP contribution in [0.5, 0.6) is 5.75 Å². The van der Waals surface area contributed by atoms with Crippen LogP contribution in [0.2, 0.25) is 0 Å². The van der Waals surface area contributed by atoms with E-state index < -0.39 is 0 Å². The van der Waals surface area contributed by atoms with Crippen molar-refractivity contribution in [2.45, 2.75) is 6.92 Å². The molecule has 0 fully saturated rings. The van der Waals surface area contributed by atoms with Crippen LogP contribution in [-0.4, -0.2) is 6.21 Å². The zero-order valence-electron chi connectivity index (χ0n) is 7.90. The molecule has 1 aromatic rings. The van der Waals surface area contributed by atoms with Crippen LogP contribution in [0.25, 0.3) is 0 Å². The second-order valence-corrected chi connectivity index (χ2v) is 3.04. The monoisotopic (exact) mass is 184 g/mol. The van der Waals surface area contributed by atoms with Gasteiger partial charge in [-0.05, 0) is 19.1 Å². The van der Waals surface area contributed by atoms with Gasteiger partial charge in [0.15, 0.2) is 12.3 Å². The number of hydrogen-bond donors (Lipinski definition) is 0. The molecular formula is C12H10NO+. The molecule has 2 nitrogen and oxygen atoms in total. The van der Waals surface area contributed by atoms with Crippen molar-refractivity contribution < 1.29 is 4.74 Å². The molecule has 0 saturated carbocycles. The van der Waals surface area contributed by atoms with Crippen molar-refractivity contribution in [3.05, 3.63) is 53.9 Å². The third-order valence-electron chi connectivity index (χ3n) is 1.85. The molecule has 1 aromatic carbocycles. The molecule has 14 heavy (non-hydrogen) atoms. The number of hydrogen-bond acceptors (Lipinski definition) is 2. The Morgan fingerprint density at radius 3 is 2.64 bits per heavy atom. The highest BCUT2D eigenvalue weighted by Crippen LogP contribution is 2.15. The maximum atomic E-state index is 5.56. The molecule has 1 aliphatic heterocycles. The Balaban J connectivity index is 2.11. The predicted octanol–water partition coefficient (Wildman–Crippen LogP) is 2.73. The van der Waals surface area contributed by atoms with E-state index in [2.05, 4.69) is 11.2 Å². The van der Waals surface area contributed by atoms with Crippen LogP contribution in [0.1, 0.15) is 5.56 Å². The zero-order valence-corrected chi connectivity index (χ0v) is 7.90. The Bertz CT molecular complexity index is 399. The summed E-state index contributed by atoms with van der Waals surface area (Å²) in [6.07, 6.45) is 7.88. The van der Waals surface area contributed by atoms with Gasteiger partial charge in [0.1, 0.15) is 18.0 Å². The van der Waals surface area contributed by atoms with Crippen molar-refractivity contribution in [2.75, 3.05) is 0 Å². The van der Waals surface area contributed by atoms with Gasteiger partial charge in [0.2, 0.25) is 5.76 Å². The summed E-state index contributed by atoms with van der Waals surface area (Å²) < 4.78 is 5.56. The van der Waals surface area contributed by atoms with Crippen LogP contribution in [0, 0.1) is 6.92 Å². The Morgan fingerprint density at radius 2 is 2.00 bits per heavy atom. The van der Waals surface area contributed by atoms with E-state index >= 15 is 0 Å². The van der Waals surface area contributed by atoms with Gasteiger partial charge in [-0.25, -0.2) is 0 Å². The maximum Gasteiger partial charge on any atom is 0.245 e. The molecule has 68 valence electrons. The minimum absolute atomic E-state index is 0.754. The van der Waals surface area contributed by atoms with Gasteiger partial charge in [0, 0.05) is 0 Å². The summed E-state index contributed by atoms with van der Waals surface area (Å²) in [4.78, 5) is 3.80. The Labute approximate surface area is 83.2 Å². The molecule has 0 bridgehead atoms. The summed E-state index contributed by atoms with van der Waals surface area (Å²) in [5, 5.41) is 0. The summed E-state index contributed by atoms with van der Waals surface area (Å²) in [7, 11) is 0. The molecular weight excluding hydrogens is 174 g/mol. The van der Waals surface area contributed by atoms with Gasteiger partial charge >= 0.3 is 0 Å². The minimum Gasteiger partial charge on any atom is -0.397 e. The average molecular weight is 184 g/mol. The van der Waals surface area contributed by atoms with E-state index in [1.807, 2.05) is 31.2 Å². The van der Waals surface area contributed by atoms with Crippen LogP contribution in [0.4, 0.5) is 0 Å². The summed E-state index contributed by atoms with van der Waals surface area (Å²) in [6.45, 7) is 2.05. The fourth-order valence-corrected chi connectivity index (χ4v) is 1.11. The first kappa shape index (κ1) is 8.67. The van der Waals surface area contributed by atoms with E-state index in [9.17, 15) is 0 Å². The summed E-state index contributed by atoms with van der Waals surface area (Å²) in [5.74, 6) is 1.58. The van der Waals surface area contributed by atoms with Crippen molar-refractivity contribution in [3.8, 4) is 5.75 Å². The van der Waals surface area contributed by atoms with Gasteiger partial charge in [-0.3, -0.25) is 0 Å². The highest BCUT2D eigenvalue weighted by molar-refractivity contribution is 5.74. The van der Waals surface area contributed by atoms with Gasteiger partial charge in [0.05, 0.1) is 0 Å². The van der Waals surface area contributed by atoms with Crippen molar-refractivity contribution in [1.29, 1.82) is 0 Å². The fourth-order valence-electron chi connectivity index (χ4n) is 1.11. The lowest BCUT2D eigenvalue weighted by Crippen LogP contribution is -1.94. The van der Waals surface area contributed by atoms with Crippen LogP contribution >= 0.6 is 0 Å². The molecule has 0 N–H and O–H groups in total. The molecule has 0 saturated heterocycles. The molecule has 1 heterocycles. The standard InChI is InChI=1S/C12H10NO/c1-10-2-4-11(5-3-10)14-12-6-8-13-9-7-12/h2-8H,1H3/q+1. The third kappa shape index (κ3) is 2.06. The Kier molecular flexibility index (Phi) is 2.39. The quantitative estimate of drug-likeness (QED) is 0.647. The highest BCUT2D eigenvalue weighted by atomic mass is 16.5. The Morgan fingerprint density at radius 1 is 1.21 bits per heavy atom. The van der Waals surface area contributed by atoms with Gasteiger partial charge in [-0.2, -0.15) is 0 Å². The van der Waals surface area contributed by atoms with Gasteiger partial charge in [-0.15, -0.1) is 0 Å². The second kappa shape index (κ2) is 3.86. The number of aryl methyl sites for hydroxylation is 1. The van der Waals surface area contributed by atoms with Gasteiger partial charge in [-0.1, -0.05) is 22.7 Å². The predicted molar refractivity (Wildman–Crippen MR) is 56.5 cm³/mol. The number of benzene rings is 1. The maximum absolute atomic E-state index is 5.56. The second-order valence-electron chi connectivity index (χ2n) is 3.04. The number of ether oxygens (including phenoxy) is 1. The molecule has 0 spiro atoms. The van der Waals surface area contributed by atoms with Crippen molar-refractivity contribution in [1.82, 2.24) is 0 Å². The molecule has 0 aromatic heterocycles. The number of nitrogens with zero attached hydrogens (tertiary/aromatic N) is 1.